The van der Waals surface area contributed by atoms with Gasteiger partial charge in [0, 0.05) is 31.1 Å². The summed E-state index contributed by atoms with van der Waals surface area (Å²) in [4.78, 5) is 5.20. The Morgan fingerprint density at radius 2 is 1.48 bits per heavy atom. The molecule has 3 heterocycles. The summed E-state index contributed by atoms with van der Waals surface area (Å²) in [5.74, 6) is 1.02. The maximum atomic E-state index is 5.20. The van der Waals surface area contributed by atoms with E-state index in [-0.39, 0.29) is 0 Å². The molecule has 0 radical (unpaired) electrons. The molecule has 158 valence electrons. The molecule has 33 heavy (non-hydrogen) atoms. The van der Waals surface area contributed by atoms with Crippen molar-refractivity contribution >= 4 is 63.3 Å². The average Bonchev–Trinajstić information content (AvgIpc) is 3.49. The first kappa shape index (κ1) is 19.0. The number of rotatable bonds is 2. The summed E-state index contributed by atoms with van der Waals surface area (Å²) in [7, 11) is 0. The van der Waals surface area contributed by atoms with Gasteiger partial charge in [0.05, 0.1) is 20.7 Å². The van der Waals surface area contributed by atoms with E-state index in [9.17, 15) is 0 Å². The molecule has 0 unspecified atom stereocenters. The van der Waals surface area contributed by atoms with Crippen LogP contribution in [0.15, 0.2) is 84.9 Å². The van der Waals surface area contributed by atoms with Crippen molar-refractivity contribution in [2.75, 3.05) is 0 Å². The molecule has 0 amide bonds. The number of aromatic nitrogens is 2. The van der Waals surface area contributed by atoms with E-state index in [4.69, 9.17) is 4.98 Å². The Bertz CT molecular complexity index is 1850. The molecule has 0 spiro atoms. The van der Waals surface area contributed by atoms with Crippen LogP contribution in [0.3, 0.4) is 0 Å². The molecule has 0 bridgehead atoms. The zero-order chi connectivity index (χ0) is 22.1. The van der Waals surface area contributed by atoms with E-state index < -0.39 is 0 Å². The second kappa shape index (κ2) is 7.01. The fourth-order valence-corrected chi connectivity index (χ4v) is 7.73. The third kappa shape index (κ3) is 2.68. The topological polar surface area (TPSA) is 17.8 Å². The van der Waals surface area contributed by atoms with Crippen LogP contribution in [-0.2, 0) is 0 Å². The van der Waals surface area contributed by atoms with E-state index in [1.54, 1.807) is 0 Å². The number of hydrogen-bond donors (Lipinski definition) is 0. The van der Waals surface area contributed by atoms with E-state index in [1.165, 1.54) is 51.9 Å². The Morgan fingerprint density at radius 3 is 2.39 bits per heavy atom. The monoisotopic (exact) mass is 460 g/mol. The van der Waals surface area contributed by atoms with Gasteiger partial charge in [-0.25, -0.2) is 4.98 Å². The van der Waals surface area contributed by atoms with Gasteiger partial charge < -0.3 is 0 Å². The molecule has 4 heteroatoms. The quantitative estimate of drug-likeness (QED) is 0.252. The molecular formula is C29H20N2S2. The maximum absolute atomic E-state index is 5.20. The third-order valence-electron chi connectivity index (χ3n) is 6.53. The molecule has 3 aromatic heterocycles. The van der Waals surface area contributed by atoms with E-state index in [0.717, 1.165) is 16.9 Å². The SMILES string of the molecule is Cc1ccccc1-n1c(-c2c(C)ccc3c2sc2sc4ccccc4c23)nc2ccccc21. The molecule has 2 nitrogen and oxygen atoms in total. The molecule has 7 aromatic rings. The summed E-state index contributed by atoms with van der Waals surface area (Å²) in [5.41, 5.74) is 7.08. The number of hydrogen-bond acceptors (Lipinski definition) is 3. The Balaban J connectivity index is 1.63. The molecule has 0 fully saturated rings. The molecule has 0 saturated carbocycles. The van der Waals surface area contributed by atoms with Gasteiger partial charge >= 0.3 is 0 Å². The highest BCUT2D eigenvalue weighted by Gasteiger charge is 2.22. The van der Waals surface area contributed by atoms with Crippen LogP contribution in [0.25, 0.3) is 57.7 Å². The first-order valence-corrected chi connectivity index (χ1v) is 12.7. The Hall–Kier alpha value is -3.47. The standard InChI is InChI=1S/C29H20N2S2/c1-17-9-3-6-12-22(17)31-23-13-7-5-11-21(23)30-28(31)25-18(2)15-16-20-26-19-10-4-8-14-24(19)32-29(26)33-27(20)25/h3-16H,1-2H3. The largest absolute Gasteiger partial charge is 0.292 e. The molecule has 4 aromatic carbocycles. The normalized spacial score (nSPS) is 11.9. The summed E-state index contributed by atoms with van der Waals surface area (Å²) in [6, 6.07) is 30.4. The van der Waals surface area contributed by atoms with Crippen LogP contribution in [0.5, 0.6) is 0 Å². The smallest absolute Gasteiger partial charge is 0.147 e. The van der Waals surface area contributed by atoms with Crippen LogP contribution >= 0.6 is 22.7 Å². The summed E-state index contributed by atoms with van der Waals surface area (Å²) < 4.78 is 6.41. The first-order valence-electron chi connectivity index (χ1n) is 11.1. The van der Waals surface area contributed by atoms with Gasteiger partial charge in [0.15, 0.2) is 0 Å². The van der Waals surface area contributed by atoms with Crippen molar-refractivity contribution in [3.63, 3.8) is 0 Å². The van der Waals surface area contributed by atoms with E-state index in [0.29, 0.717) is 0 Å². The van der Waals surface area contributed by atoms with E-state index in [2.05, 4.69) is 103 Å². The van der Waals surface area contributed by atoms with Gasteiger partial charge in [0.1, 0.15) is 5.82 Å². The van der Waals surface area contributed by atoms with Crippen LogP contribution in [0.1, 0.15) is 11.1 Å². The second-order valence-electron chi connectivity index (χ2n) is 8.54. The fraction of sp³-hybridized carbons (Fsp3) is 0.0690. The van der Waals surface area contributed by atoms with Crippen molar-refractivity contribution < 1.29 is 0 Å². The lowest BCUT2D eigenvalue weighted by atomic mass is 10.0. The van der Waals surface area contributed by atoms with Crippen molar-refractivity contribution in [1.82, 2.24) is 9.55 Å². The minimum Gasteiger partial charge on any atom is -0.292 e. The number of aryl methyl sites for hydroxylation is 2. The maximum Gasteiger partial charge on any atom is 0.147 e. The zero-order valence-corrected chi connectivity index (χ0v) is 19.9. The fourth-order valence-electron chi connectivity index (χ4n) is 4.96. The van der Waals surface area contributed by atoms with Crippen LogP contribution in [-0.4, -0.2) is 9.55 Å². The number of benzene rings is 4. The highest BCUT2D eigenvalue weighted by atomic mass is 32.2. The molecule has 0 aliphatic rings. The number of imidazole rings is 1. The van der Waals surface area contributed by atoms with Gasteiger partial charge in [-0.05, 0) is 49.2 Å². The summed E-state index contributed by atoms with van der Waals surface area (Å²) in [6.45, 7) is 4.39. The highest BCUT2D eigenvalue weighted by molar-refractivity contribution is 7.44. The number of para-hydroxylation sites is 3. The molecule has 0 saturated heterocycles. The van der Waals surface area contributed by atoms with Crippen LogP contribution in [0, 0.1) is 13.8 Å². The lowest BCUT2D eigenvalue weighted by molar-refractivity contribution is 1.08. The summed E-state index contributed by atoms with van der Waals surface area (Å²) in [6.07, 6.45) is 0. The lowest BCUT2D eigenvalue weighted by Crippen LogP contribution is -2.01. The van der Waals surface area contributed by atoms with Crippen molar-refractivity contribution in [1.29, 1.82) is 0 Å². The Kier molecular flexibility index (Phi) is 4.05. The number of thiophene rings is 2. The van der Waals surface area contributed by atoms with Gasteiger partial charge in [0.2, 0.25) is 0 Å². The van der Waals surface area contributed by atoms with Crippen LogP contribution < -0.4 is 0 Å². The van der Waals surface area contributed by atoms with Gasteiger partial charge in [-0.3, -0.25) is 4.57 Å². The highest BCUT2D eigenvalue weighted by Crippen LogP contribution is 2.48. The van der Waals surface area contributed by atoms with E-state index in [1.807, 2.05) is 22.7 Å². The third-order valence-corrected chi connectivity index (χ3v) is 9.02. The van der Waals surface area contributed by atoms with Crippen LogP contribution in [0.4, 0.5) is 0 Å². The van der Waals surface area contributed by atoms with Gasteiger partial charge in [0.25, 0.3) is 0 Å². The predicted molar refractivity (Wildman–Crippen MR) is 144 cm³/mol. The molecule has 0 N–H and O–H groups in total. The van der Waals surface area contributed by atoms with Crippen molar-refractivity contribution in [3.8, 4) is 17.1 Å². The van der Waals surface area contributed by atoms with Crippen molar-refractivity contribution in [3.05, 3.63) is 96.1 Å². The van der Waals surface area contributed by atoms with Gasteiger partial charge in [-0.2, -0.15) is 0 Å². The van der Waals surface area contributed by atoms with Crippen molar-refractivity contribution in [2.24, 2.45) is 0 Å². The number of nitrogens with zero attached hydrogens (tertiary/aromatic N) is 2. The molecule has 7 rings (SSSR count). The van der Waals surface area contributed by atoms with Crippen molar-refractivity contribution in [2.45, 2.75) is 13.8 Å². The molecule has 0 aliphatic carbocycles. The van der Waals surface area contributed by atoms with Crippen LogP contribution in [0.2, 0.25) is 0 Å². The lowest BCUT2D eigenvalue weighted by Gasteiger charge is -2.14. The predicted octanol–water partition coefficient (Wildman–Crippen LogP) is 8.89. The minimum atomic E-state index is 1.02. The van der Waals surface area contributed by atoms with Gasteiger partial charge in [-0.1, -0.05) is 60.7 Å². The Labute approximate surface area is 199 Å². The molecule has 0 atom stereocenters. The molecular weight excluding hydrogens is 440 g/mol. The Morgan fingerprint density at radius 1 is 0.697 bits per heavy atom. The average molecular weight is 461 g/mol. The zero-order valence-electron chi connectivity index (χ0n) is 18.3. The minimum absolute atomic E-state index is 1.02. The summed E-state index contributed by atoms with van der Waals surface area (Å²) >= 11 is 3.80. The van der Waals surface area contributed by atoms with Gasteiger partial charge in [-0.15, -0.1) is 22.7 Å². The number of fused-ring (bicyclic) bond motifs is 6. The first-order chi connectivity index (χ1) is 16.2. The molecule has 0 aliphatic heterocycles. The van der Waals surface area contributed by atoms with E-state index >= 15 is 0 Å². The summed E-state index contributed by atoms with van der Waals surface area (Å²) in [5, 5.41) is 4.07. The second-order valence-corrected chi connectivity index (χ2v) is 10.9.